The average Bonchev–Trinajstić information content (AvgIpc) is 1.64. The molecular weight excluding hydrogens is 1260 g/mol. The SMILES string of the molecule is CC(=O)N[C@@H](CCCN=C(N)N)C(=O)N[C@@H](Cc1c[nH]c2ccccc12)C(=O)N[C@H]1CCC/C=C/CNC(=O)[C@@H]2CCCN2C(=O)[C@H](CCCN=C(N)NS(=O)(=O)c2c(C)c(C)c3c(c2C)CC(C)(C)O3)NC(=O)[C@H](C)NC(=O)[C@@H]2CCCN2C(=O)[C@H](Cc2ccccc2)NC1=O. The topological polar surface area (TPSA) is 418 Å². The summed E-state index contributed by atoms with van der Waals surface area (Å²) in [5.41, 5.74) is 21.4. The van der Waals surface area contributed by atoms with E-state index < -0.39 is 123 Å². The summed E-state index contributed by atoms with van der Waals surface area (Å²) >= 11 is 0. The number of nitrogens with one attached hydrogen (secondary N) is 9. The van der Waals surface area contributed by atoms with Gasteiger partial charge in [-0.25, -0.2) is 13.1 Å². The van der Waals surface area contributed by atoms with Gasteiger partial charge in [-0.1, -0.05) is 60.7 Å². The molecule has 4 aliphatic rings. The number of fused-ring (bicyclic) bond motifs is 4. The largest absolute Gasteiger partial charge is 0.487 e. The highest BCUT2D eigenvalue weighted by molar-refractivity contribution is 7.90. The second-order valence-electron chi connectivity index (χ2n) is 26.0. The molecule has 2 saturated heterocycles. The number of ether oxygens (including phenoxy) is 1. The molecule has 0 aliphatic carbocycles. The summed E-state index contributed by atoms with van der Waals surface area (Å²) in [5.74, 6) is -5.56. The molecule has 1 aromatic heterocycles. The number of aromatic amines is 1. The van der Waals surface area contributed by atoms with Gasteiger partial charge in [-0.2, -0.15) is 0 Å². The van der Waals surface area contributed by atoms with Crippen molar-refractivity contribution in [2.45, 2.75) is 197 Å². The van der Waals surface area contributed by atoms with Gasteiger partial charge in [0.25, 0.3) is 10.0 Å². The third kappa shape index (κ3) is 19.2. The second-order valence-corrected chi connectivity index (χ2v) is 27.6. The van der Waals surface area contributed by atoms with Crippen molar-refractivity contribution in [2.24, 2.45) is 27.2 Å². The zero-order valence-corrected chi connectivity index (χ0v) is 57.1. The number of sulfonamides is 1. The quantitative estimate of drug-likeness (QED) is 0.0274. The highest BCUT2D eigenvalue weighted by Gasteiger charge is 2.42. The molecule has 15 N–H and O–H groups in total. The molecule has 0 saturated carbocycles. The molecule has 524 valence electrons. The number of aromatic nitrogens is 1. The molecule has 2 fully saturated rings. The van der Waals surface area contributed by atoms with Crippen LogP contribution in [0.15, 0.2) is 87.8 Å². The number of para-hydroxylation sites is 1. The van der Waals surface area contributed by atoms with E-state index in [2.05, 4.69) is 56.9 Å². The van der Waals surface area contributed by atoms with E-state index in [0.29, 0.717) is 78.5 Å². The van der Waals surface area contributed by atoms with Crippen molar-refractivity contribution in [3.05, 3.63) is 106 Å². The van der Waals surface area contributed by atoms with Crippen LogP contribution in [0.4, 0.5) is 0 Å². The summed E-state index contributed by atoms with van der Waals surface area (Å²) < 4.78 is 36.5. The lowest BCUT2D eigenvalue weighted by atomic mass is 9.94. The Labute approximate surface area is 565 Å². The van der Waals surface area contributed by atoms with Crippen LogP contribution < -0.4 is 63.9 Å². The lowest BCUT2D eigenvalue weighted by molar-refractivity contribution is -0.143. The van der Waals surface area contributed by atoms with Crippen LogP contribution in [-0.2, 0) is 72.4 Å². The predicted molar refractivity (Wildman–Crippen MR) is 366 cm³/mol. The average molecular weight is 1360 g/mol. The number of rotatable bonds is 19. The van der Waals surface area contributed by atoms with Gasteiger partial charge in [-0.05, 0) is 146 Å². The first-order valence-corrected chi connectivity index (χ1v) is 34.7. The molecule has 0 radical (unpaired) electrons. The first-order valence-electron chi connectivity index (χ1n) is 33.2. The molecule has 28 nitrogen and oxygen atoms in total. The van der Waals surface area contributed by atoms with Gasteiger partial charge >= 0.3 is 0 Å². The molecule has 0 unspecified atom stereocenters. The van der Waals surface area contributed by atoms with Gasteiger partial charge in [0, 0.05) is 81.6 Å². The molecular formula is C68H94N16O12S. The number of nitrogens with two attached hydrogens (primary N) is 3. The lowest BCUT2D eigenvalue weighted by Crippen LogP contribution is -2.60. The van der Waals surface area contributed by atoms with Crippen LogP contribution >= 0.6 is 0 Å². The molecule has 0 spiro atoms. The van der Waals surface area contributed by atoms with Crippen LogP contribution in [-0.4, -0.2) is 175 Å². The van der Waals surface area contributed by atoms with E-state index in [4.69, 9.17) is 21.9 Å². The van der Waals surface area contributed by atoms with E-state index in [1.54, 1.807) is 62.5 Å². The molecule has 29 heteroatoms. The summed E-state index contributed by atoms with van der Waals surface area (Å²) in [5, 5.41) is 20.5. The monoisotopic (exact) mass is 1360 g/mol. The van der Waals surface area contributed by atoms with Gasteiger partial charge in [0.05, 0.1) is 4.90 Å². The maximum atomic E-state index is 15.1. The number of amides is 9. The van der Waals surface area contributed by atoms with Gasteiger partial charge in [0.1, 0.15) is 59.7 Å². The van der Waals surface area contributed by atoms with Gasteiger partial charge in [-0.15, -0.1) is 0 Å². The van der Waals surface area contributed by atoms with Gasteiger partial charge in [0.2, 0.25) is 59.1 Å². The van der Waals surface area contributed by atoms with Gasteiger partial charge in [0.15, 0.2) is 5.96 Å². The maximum Gasteiger partial charge on any atom is 0.264 e. The Morgan fingerprint density at radius 2 is 1.39 bits per heavy atom. The third-order valence-corrected chi connectivity index (χ3v) is 19.7. The van der Waals surface area contributed by atoms with E-state index >= 15 is 9.59 Å². The van der Waals surface area contributed by atoms with Crippen LogP contribution in [0.25, 0.3) is 10.9 Å². The Bertz CT molecular complexity index is 3790. The lowest BCUT2D eigenvalue weighted by Gasteiger charge is -2.31. The fourth-order valence-corrected chi connectivity index (χ4v) is 14.6. The van der Waals surface area contributed by atoms with Crippen molar-refractivity contribution in [3.63, 3.8) is 0 Å². The molecule has 4 aromatic rings. The summed E-state index contributed by atoms with van der Waals surface area (Å²) in [6.07, 6.45) is 8.19. The Balaban J connectivity index is 1.03. The Hall–Kier alpha value is -9.54. The first-order chi connectivity index (χ1) is 46.1. The van der Waals surface area contributed by atoms with Crippen LogP contribution in [0.1, 0.15) is 132 Å². The number of H-pyrrole nitrogens is 1. The summed E-state index contributed by atoms with van der Waals surface area (Å²) in [7, 11) is -4.24. The Morgan fingerprint density at radius 3 is 2.09 bits per heavy atom. The number of carbonyl (C=O) groups excluding carboxylic acids is 9. The molecule has 97 heavy (non-hydrogen) atoms. The fourth-order valence-electron chi connectivity index (χ4n) is 13.1. The summed E-state index contributed by atoms with van der Waals surface area (Å²) in [4.78, 5) is 143. The van der Waals surface area contributed by atoms with Crippen molar-refractivity contribution in [3.8, 4) is 5.75 Å². The number of nitrogens with zero attached hydrogens (tertiary/aromatic N) is 4. The number of carbonyl (C=O) groups is 9. The smallest absolute Gasteiger partial charge is 0.264 e. The minimum Gasteiger partial charge on any atom is -0.487 e. The van der Waals surface area contributed by atoms with E-state index in [-0.39, 0.29) is 88.5 Å². The third-order valence-electron chi connectivity index (χ3n) is 18.1. The standard InChI is InChI=1S/C68H94N16O12S/c1-39-40(2)57(41(3)47-37-68(6,7)96-56(39)47)97(94,95)82-67(71)74-32-18-27-51-64(92)83-33-19-28-54(83)62(90)72-30-16-9-8-13-25-50(60(88)81-53(35-44-21-11-10-12-22-44)65(93)84-34-20-29-55(84)63(91)76-42(4)58(86)79-51)78-61(89)52(36-45-38-75-48-24-15-14-23-46(45)48)80-59(87)49(77-43(5)85)26-17-31-73-66(69)70/h9-12,14-16,21-24,38,42,49-55,75H,8,13,17-20,25-37H2,1-7H3,(H,72,90)(H,76,91)(H,77,85)(H,78,89)(H,79,86)(H,80,87)(H,81,88)(H4,69,70,73)(H3,71,74,82)/b16-9+/t42-,49-,50-,51-,52-,53-,54-,55-/m0/s1. The predicted octanol–water partition coefficient (Wildman–Crippen LogP) is 1.51. The van der Waals surface area contributed by atoms with Crippen molar-refractivity contribution in [1.29, 1.82) is 0 Å². The van der Waals surface area contributed by atoms with Crippen molar-refractivity contribution >= 4 is 86.0 Å². The van der Waals surface area contributed by atoms with Crippen molar-refractivity contribution in [2.75, 3.05) is 32.7 Å². The van der Waals surface area contributed by atoms with Crippen LogP contribution in [0.2, 0.25) is 0 Å². The molecule has 9 amide bonds. The van der Waals surface area contributed by atoms with E-state index in [9.17, 15) is 42.0 Å². The second kappa shape index (κ2) is 32.9. The molecule has 3 aromatic carbocycles. The molecule has 0 bridgehead atoms. The number of aliphatic imine (C=N–C) groups is 2. The van der Waals surface area contributed by atoms with Crippen molar-refractivity contribution in [1.82, 2.24) is 56.7 Å². The highest BCUT2D eigenvalue weighted by Crippen LogP contribution is 2.44. The first kappa shape index (κ1) is 73.3. The van der Waals surface area contributed by atoms with Crippen LogP contribution in [0.3, 0.4) is 0 Å². The zero-order valence-electron chi connectivity index (χ0n) is 56.3. The summed E-state index contributed by atoms with van der Waals surface area (Å²) in [6.45, 7) is 12.3. The van der Waals surface area contributed by atoms with Crippen molar-refractivity contribution < 1.29 is 56.3 Å². The Kier molecular flexibility index (Phi) is 24.9. The normalized spacial score (nSPS) is 22.4. The number of allylic oxidation sites excluding steroid dienone is 1. The molecule has 8 rings (SSSR count). The zero-order chi connectivity index (χ0) is 70.3. The number of benzene rings is 3. The number of hydrogen-bond acceptors (Lipinski definition) is 14. The molecule has 5 heterocycles. The fraction of sp³-hybridized carbons (Fsp3) is 0.515. The van der Waals surface area contributed by atoms with Gasteiger partial charge in [-0.3, -0.25) is 53.1 Å². The van der Waals surface area contributed by atoms with Crippen LogP contribution in [0, 0.1) is 20.8 Å². The Morgan fingerprint density at radius 1 is 0.732 bits per heavy atom. The van der Waals surface area contributed by atoms with E-state index in [1.165, 1.54) is 23.6 Å². The maximum absolute atomic E-state index is 15.1. The van der Waals surface area contributed by atoms with E-state index in [0.717, 1.165) is 16.5 Å². The molecule has 8 atom stereocenters. The summed E-state index contributed by atoms with van der Waals surface area (Å²) in [6, 6.07) is 6.76. The van der Waals surface area contributed by atoms with Gasteiger partial charge < -0.3 is 73.9 Å². The number of hydrogen-bond donors (Lipinski definition) is 12. The van der Waals surface area contributed by atoms with Crippen LogP contribution in [0.5, 0.6) is 5.75 Å². The highest BCUT2D eigenvalue weighted by atomic mass is 32.2. The number of guanidine groups is 2. The minimum absolute atomic E-state index is 0.0191. The van der Waals surface area contributed by atoms with E-state index in [1.807, 2.05) is 45.0 Å². The molecule has 4 aliphatic heterocycles. The minimum atomic E-state index is -4.24.